The van der Waals surface area contributed by atoms with Gasteiger partial charge in [-0.1, -0.05) is 23.7 Å². The first-order valence-electron chi connectivity index (χ1n) is 9.42. The van der Waals surface area contributed by atoms with Crippen molar-refractivity contribution in [3.63, 3.8) is 0 Å². The maximum Gasteiger partial charge on any atom is 0.157 e. The molecule has 0 aliphatic carbocycles. The number of ether oxygens (including phenoxy) is 3. The first kappa shape index (κ1) is 20.1. The summed E-state index contributed by atoms with van der Waals surface area (Å²) in [4.78, 5) is 10.7. The van der Waals surface area contributed by atoms with Crippen molar-refractivity contribution >= 4 is 23.1 Å². The van der Waals surface area contributed by atoms with Gasteiger partial charge in [-0.15, -0.1) is 0 Å². The molecular formula is C22H23ClN4O3. The molecule has 2 heterocycles. The predicted molar refractivity (Wildman–Crippen MR) is 117 cm³/mol. The monoisotopic (exact) mass is 426 g/mol. The number of anilines is 2. The SMILES string of the molecule is COc1ccc(C2Nc3c(Cl)ncnc3N(C)Cc3cc(OC)cc(OC)c32)cc1. The lowest BCUT2D eigenvalue weighted by Crippen LogP contribution is -2.27. The Morgan fingerprint density at radius 3 is 2.40 bits per heavy atom. The van der Waals surface area contributed by atoms with E-state index in [2.05, 4.69) is 15.3 Å². The first-order valence-corrected chi connectivity index (χ1v) is 9.80. The minimum atomic E-state index is -0.247. The average molecular weight is 427 g/mol. The fourth-order valence-electron chi connectivity index (χ4n) is 3.76. The van der Waals surface area contributed by atoms with E-state index in [0.29, 0.717) is 17.4 Å². The highest BCUT2D eigenvalue weighted by Gasteiger charge is 2.29. The smallest absolute Gasteiger partial charge is 0.157 e. The van der Waals surface area contributed by atoms with Gasteiger partial charge in [0, 0.05) is 25.2 Å². The van der Waals surface area contributed by atoms with Crippen LogP contribution >= 0.6 is 11.6 Å². The third-order valence-corrected chi connectivity index (χ3v) is 5.52. The van der Waals surface area contributed by atoms with E-state index < -0.39 is 0 Å². The Bertz CT molecular complexity index is 1060. The van der Waals surface area contributed by atoms with Crippen LogP contribution in [0.2, 0.25) is 5.15 Å². The fraction of sp³-hybridized carbons (Fsp3) is 0.273. The van der Waals surface area contributed by atoms with Gasteiger partial charge in [-0.05, 0) is 29.3 Å². The molecule has 0 saturated carbocycles. The van der Waals surface area contributed by atoms with E-state index >= 15 is 0 Å². The minimum Gasteiger partial charge on any atom is -0.497 e. The van der Waals surface area contributed by atoms with E-state index in [1.54, 1.807) is 21.3 Å². The highest BCUT2D eigenvalue weighted by molar-refractivity contribution is 6.32. The summed E-state index contributed by atoms with van der Waals surface area (Å²) in [6, 6.07) is 11.6. The van der Waals surface area contributed by atoms with Gasteiger partial charge < -0.3 is 24.4 Å². The number of hydrogen-bond acceptors (Lipinski definition) is 7. The molecule has 1 N–H and O–H groups in total. The van der Waals surface area contributed by atoms with E-state index in [4.69, 9.17) is 25.8 Å². The quantitative estimate of drug-likeness (QED) is 0.623. The second-order valence-corrected chi connectivity index (χ2v) is 7.33. The summed E-state index contributed by atoms with van der Waals surface area (Å²) < 4.78 is 16.6. The maximum atomic E-state index is 6.47. The lowest BCUT2D eigenvalue weighted by molar-refractivity contribution is 0.389. The predicted octanol–water partition coefficient (Wildman–Crippen LogP) is 4.31. The van der Waals surface area contributed by atoms with Gasteiger partial charge in [-0.2, -0.15) is 0 Å². The van der Waals surface area contributed by atoms with Crippen LogP contribution in [0, 0.1) is 0 Å². The summed E-state index contributed by atoms with van der Waals surface area (Å²) >= 11 is 6.47. The number of fused-ring (bicyclic) bond motifs is 2. The zero-order chi connectivity index (χ0) is 21.3. The number of aromatic nitrogens is 2. The van der Waals surface area contributed by atoms with Crippen molar-refractivity contribution in [1.29, 1.82) is 0 Å². The van der Waals surface area contributed by atoms with E-state index in [9.17, 15) is 0 Å². The number of halogens is 1. The van der Waals surface area contributed by atoms with Gasteiger partial charge in [0.2, 0.25) is 0 Å². The van der Waals surface area contributed by atoms with Crippen molar-refractivity contribution in [2.24, 2.45) is 0 Å². The summed E-state index contributed by atoms with van der Waals surface area (Å²) in [6.07, 6.45) is 1.47. The van der Waals surface area contributed by atoms with Gasteiger partial charge in [0.1, 0.15) is 29.3 Å². The molecule has 1 atom stereocenters. The number of nitrogens with zero attached hydrogens (tertiary/aromatic N) is 3. The summed E-state index contributed by atoms with van der Waals surface area (Å²) in [5.41, 5.74) is 3.75. The molecule has 156 valence electrons. The van der Waals surface area contributed by atoms with E-state index in [0.717, 1.165) is 39.8 Å². The standard InChI is InChI=1S/C22H23ClN4O3/c1-27-11-14-9-16(29-3)10-17(30-4)18(14)19(13-5-7-15(28-2)8-6-13)26-20-21(23)24-12-25-22(20)27/h5-10,12,19,26H,11H2,1-4H3. The molecule has 1 aromatic heterocycles. The Kier molecular flexibility index (Phi) is 5.55. The molecular weight excluding hydrogens is 404 g/mol. The van der Waals surface area contributed by atoms with Gasteiger partial charge in [0.05, 0.1) is 27.4 Å². The van der Waals surface area contributed by atoms with Crippen LogP contribution in [0.25, 0.3) is 0 Å². The topological polar surface area (TPSA) is 68.7 Å². The lowest BCUT2D eigenvalue weighted by atomic mass is 9.91. The van der Waals surface area contributed by atoms with Gasteiger partial charge in [-0.3, -0.25) is 0 Å². The Labute approximate surface area is 180 Å². The summed E-state index contributed by atoms with van der Waals surface area (Å²) in [6.45, 7) is 0.595. The van der Waals surface area contributed by atoms with Gasteiger partial charge in [0.15, 0.2) is 11.0 Å². The highest BCUT2D eigenvalue weighted by atomic mass is 35.5. The molecule has 0 fully saturated rings. The molecule has 30 heavy (non-hydrogen) atoms. The average Bonchev–Trinajstić information content (AvgIpc) is 2.77. The summed E-state index contributed by atoms with van der Waals surface area (Å²) in [5.74, 6) is 2.96. The molecule has 7 nitrogen and oxygen atoms in total. The summed E-state index contributed by atoms with van der Waals surface area (Å²) in [7, 11) is 6.92. The van der Waals surface area contributed by atoms with Crippen LogP contribution in [0.4, 0.5) is 11.5 Å². The second-order valence-electron chi connectivity index (χ2n) is 6.97. The lowest BCUT2D eigenvalue weighted by Gasteiger charge is -2.32. The Morgan fingerprint density at radius 1 is 1.00 bits per heavy atom. The van der Waals surface area contributed by atoms with E-state index in [1.807, 2.05) is 48.3 Å². The normalized spacial score (nSPS) is 15.2. The molecule has 0 saturated heterocycles. The number of rotatable bonds is 4. The van der Waals surface area contributed by atoms with Crippen LogP contribution in [0.5, 0.6) is 17.2 Å². The van der Waals surface area contributed by atoms with Crippen molar-refractivity contribution in [3.05, 3.63) is 64.6 Å². The zero-order valence-corrected chi connectivity index (χ0v) is 18.0. The molecule has 1 aliphatic heterocycles. The number of hydrogen-bond donors (Lipinski definition) is 1. The van der Waals surface area contributed by atoms with Crippen LogP contribution < -0.4 is 24.4 Å². The molecule has 0 spiro atoms. The van der Waals surface area contributed by atoms with Crippen LogP contribution in [-0.4, -0.2) is 38.3 Å². The third kappa shape index (κ3) is 3.57. The van der Waals surface area contributed by atoms with Crippen molar-refractivity contribution in [2.45, 2.75) is 12.6 Å². The Hall–Kier alpha value is -3.19. The Morgan fingerprint density at radius 2 is 1.73 bits per heavy atom. The molecule has 8 heteroatoms. The molecule has 1 unspecified atom stereocenters. The first-order chi connectivity index (χ1) is 14.5. The highest BCUT2D eigenvalue weighted by Crippen LogP contribution is 2.43. The van der Waals surface area contributed by atoms with Crippen molar-refractivity contribution in [3.8, 4) is 17.2 Å². The number of methoxy groups -OCH3 is 3. The van der Waals surface area contributed by atoms with Crippen LogP contribution in [0.15, 0.2) is 42.7 Å². The van der Waals surface area contributed by atoms with Gasteiger partial charge in [-0.25, -0.2) is 9.97 Å². The third-order valence-electron chi connectivity index (χ3n) is 5.23. The minimum absolute atomic E-state index is 0.247. The molecule has 2 aromatic carbocycles. The van der Waals surface area contributed by atoms with Crippen molar-refractivity contribution < 1.29 is 14.2 Å². The van der Waals surface area contributed by atoms with Crippen molar-refractivity contribution in [1.82, 2.24) is 9.97 Å². The number of nitrogens with one attached hydrogen (secondary N) is 1. The molecule has 0 radical (unpaired) electrons. The van der Waals surface area contributed by atoms with E-state index in [-0.39, 0.29) is 6.04 Å². The second kappa shape index (κ2) is 8.28. The van der Waals surface area contributed by atoms with Gasteiger partial charge in [0.25, 0.3) is 0 Å². The maximum absolute atomic E-state index is 6.47. The van der Waals surface area contributed by atoms with Crippen LogP contribution in [0.1, 0.15) is 22.7 Å². The largest absolute Gasteiger partial charge is 0.497 e. The van der Waals surface area contributed by atoms with Crippen molar-refractivity contribution in [2.75, 3.05) is 38.6 Å². The van der Waals surface area contributed by atoms with Gasteiger partial charge >= 0.3 is 0 Å². The molecule has 1 aliphatic rings. The molecule has 0 bridgehead atoms. The van der Waals surface area contributed by atoms with E-state index in [1.165, 1.54) is 6.33 Å². The van der Waals surface area contributed by atoms with Crippen LogP contribution in [-0.2, 0) is 6.54 Å². The molecule has 3 aromatic rings. The zero-order valence-electron chi connectivity index (χ0n) is 17.3. The Balaban J connectivity index is 1.95. The summed E-state index contributed by atoms with van der Waals surface area (Å²) in [5, 5.41) is 3.92. The number of benzene rings is 2. The molecule has 0 amide bonds. The van der Waals surface area contributed by atoms with Crippen LogP contribution in [0.3, 0.4) is 0 Å². The fourth-order valence-corrected chi connectivity index (χ4v) is 3.95. The molecule has 4 rings (SSSR count).